The summed E-state index contributed by atoms with van der Waals surface area (Å²) in [6.45, 7) is 1.74. The van der Waals surface area contributed by atoms with Crippen LogP contribution >= 0.6 is 0 Å². The van der Waals surface area contributed by atoms with Gasteiger partial charge < -0.3 is 14.7 Å². The number of carbonyl (C=O) groups is 1. The third kappa shape index (κ3) is 4.51. The number of likely N-dealkylation sites (N-methyl/N-ethyl adjacent to an activating group) is 1. The Morgan fingerprint density at radius 2 is 1.81 bits per heavy atom. The fourth-order valence-electron chi connectivity index (χ4n) is 3.51. The van der Waals surface area contributed by atoms with Crippen LogP contribution in [-0.2, 0) is 21.6 Å². The zero-order valence-corrected chi connectivity index (χ0v) is 15.3. The van der Waals surface area contributed by atoms with Gasteiger partial charge in [0, 0.05) is 6.54 Å². The average Bonchev–Trinajstić information content (AvgIpc) is 2.67. The van der Waals surface area contributed by atoms with E-state index in [9.17, 15) is 9.90 Å². The second kappa shape index (κ2) is 8.47. The summed E-state index contributed by atoms with van der Waals surface area (Å²) in [6, 6.07) is 19.0. The maximum atomic E-state index is 13.0. The van der Waals surface area contributed by atoms with Crippen LogP contribution in [0.25, 0.3) is 0 Å². The van der Waals surface area contributed by atoms with Crippen molar-refractivity contribution in [3.05, 3.63) is 71.8 Å². The molecule has 2 aromatic rings. The van der Waals surface area contributed by atoms with Gasteiger partial charge in [-0.2, -0.15) is 0 Å². The Hall–Kier alpha value is -2.17. The topological polar surface area (TPSA) is 49.8 Å². The smallest absolute Gasteiger partial charge is 0.343 e. The van der Waals surface area contributed by atoms with Crippen molar-refractivity contribution in [1.82, 2.24) is 4.90 Å². The maximum absolute atomic E-state index is 13.0. The van der Waals surface area contributed by atoms with Crippen LogP contribution in [0.2, 0.25) is 0 Å². The summed E-state index contributed by atoms with van der Waals surface area (Å²) in [5, 5.41) is 11.3. The Morgan fingerprint density at radius 3 is 2.46 bits per heavy atom. The van der Waals surface area contributed by atoms with E-state index in [1.165, 1.54) is 0 Å². The fourth-order valence-corrected chi connectivity index (χ4v) is 3.51. The van der Waals surface area contributed by atoms with Crippen molar-refractivity contribution in [2.24, 2.45) is 0 Å². The molecule has 0 amide bonds. The van der Waals surface area contributed by atoms with Gasteiger partial charge in [0.2, 0.25) is 0 Å². The molecule has 1 aliphatic heterocycles. The maximum Gasteiger partial charge on any atom is 0.343 e. The third-order valence-corrected chi connectivity index (χ3v) is 5.06. The van der Waals surface area contributed by atoms with Crippen LogP contribution in [0.3, 0.4) is 0 Å². The summed E-state index contributed by atoms with van der Waals surface area (Å²) in [7, 11) is 2.03. The number of hydrogen-bond acceptors (Lipinski definition) is 4. The Kier molecular flexibility index (Phi) is 6.07. The zero-order chi connectivity index (χ0) is 18.4. The minimum Gasteiger partial charge on any atom is -0.459 e. The van der Waals surface area contributed by atoms with Crippen LogP contribution in [0, 0.1) is 0 Å². The Balaban J connectivity index is 1.77. The first-order chi connectivity index (χ1) is 12.6. The minimum absolute atomic E-state index is 0.159. The molecule has 0 aromatic heterocycles. The van der Waals surface area contributed by atoms with Gasteiger partial charge in [-0.15, -0.1) is 0 Å². The first-order valence-corrected chi connectivity index (χ1v) is 9.29. The van der Waals surface area contributed by atoms with Gasteiger partial charge in [0.1, 0.15) is 6.10 Å². The van der Waals surface area contributed by atoms with Crippen molar-refractivity contribution < 1.29 is 14.6 Å². The molecule has 1 aliphatic rings. The van der Waals surface area contributed by atoms with E-state index in [4.69, 9.17) is 4.74 Å². The molecule has 1 saturated heterocycles. The van der Waals surface area contributed by atoms with Gasteiger partial charge in [-0.3, -0.25) is 0 Å². The van der Waals surface area contributed by atoms with E-state index < -0.39 is 11.6 Å². The standard InChI is InChI=1S/C22H27NO3/c1-23-16-8-13-20(17-23)26-21(24)22(25,19-11-6-3-7-12-19)15-14-18-9-4-2-5-10-18/h2-7,9-12,20,25H,8,13-17H2,1H3. The molecule has 4 nitrogen and oxygen atoms in total. The van der Waals surface area contributed by atoms with Crippen molar-refractivity contribution >= 4 is 5.97 Å². The molecule has 0 radical (unpaired) electrons. The van der Waals surface area contributed by atoms with Gasteiger partial charge in [-0.1, -0.05) is 60.7 Å². The van der Waals surface area contributed by atoms with E-state index in [0.717, 1.165) is 31.5 Å². The highest BCUT2D eigenvalue weighted by Crippen LogP contribution is 2.30. The minimum atomic E-state index is -1.63. The summed E-state index contributed by atoms with van der Waals surface area (Å²) in [4.78, 5) is 15.1. The van der Waals surface area contributed by atoms with E-state index in [0.29, 0.717) is 18.4 Å². The number of hydrogen-bond donors (Lipinski definition) is 1. The SMILES string of the molecule is CN1CCCC(OC(=O)C(O)(CCc2ccccc2)c2ccccc2)C1. The predicted octanol–water partition coefficient (Wildman–Crippen LogP) is 3.14. The summed E-state index contributed by atoms with van der Waals surface area (Å²) in [6.07, 6.45) is 2.59. The number of esters is 1. The first kappa shape index (κ1) is 18.6. The number of carbonyl (C=O) groups excluding carboxylic acids is 1. The Morgan fingerprint density at radius 1 is 1.15 bits per heavy atom. The lowest BCUT2D eigenvalue weighted by Crippen LogP contribution is -2.44. The number of benzene rings is 2. The molecule has 0 bridgehead atoms. The summed E-state index contributed by atoms with van der Waals surface area (Å²) >= 11 is 0. The molecule has 2 atom stereocenters. The van der Waals surface area contributed by atoms with Crippen LogP contribution in [0.4, 0.5) is 0 Å². The second-order valence-corrected chi connectivity index (χ2v) is 7.14. The van der Waals surface area contributed by atoms with Crippen molar-refractivity contribution in [1.29, 1.82) is 0 Å². The molecule has 4 heteroatoms. The van der Waals surface area contributed by atoms with Gasteiger partial charge in [0.15, 0.2) is 5.60 Å². The largest absolute Gasteiger partial charge is 0.459 e. The van der Waals surface area contributed by atoms with Crippen LogP contribution in [-0.4, -0.2) is 42.2 Å². The molecule has 1 heterocycles. The van der Waals surface area contributed by atoms with Gasteiger partial charge in [0.05, 0.1) is 0 Å². The number of piperidine rings is 1. The highest BCUT2D eigenvalue weighted by molar-refractivity contribution is 5.81. The number of aliphatic hydroxyl groups is 1. The van der Waals surface area contributed by atoms with Crippen LogP contribution < -0.4 is 0 Å². The number of likely N-dealkylation sites (tertiary alicyclic amines) is 1. The number of nitrogens with zero attached hydrogens (tertiary/aromatic N) is 1. The van der Waals surface area contributed by atoms with Gasteiger partial charge in [-0.25, -0.2) is 4.79 Å². The van der Waals surface area contributed by atoms with Gasteiger partial charge in [-0.05, 0) is 50.4 Å². The van der Waals surface area contributed by atoms with Crippen LogP contribution in [0.15, 0.2) is 60.7 Å². The molecule has 2 unspecified atom stereocenters. The normalized spacial score (nSPS) is 20.3. The molecule has 1 N–H and O–H groups in total. The van der Waals surface area contributed by atoms with Crippen molar-refractivity contribution in [3.8, 4) is 0 Å². The molecule has 3 rings (SSSR count). The van der Waals surface area contributed by atoms with Gasteiger partial charge >= 0.3 is 5.97 Å². The number of rotatable bonds is 6. The summed E-state index contributed by atoms with van der Waals surface area (Å²) in [5.74, 6) is -0.542. The van der Waals surface area contributed by atoms with Gasteiger partial charge in [0.25, 0.3) is 0 Å². The molecule has 0 spiro atoms. The molecule has 0 saturated carbocycles. The van der Waals surface area contributed by atoms with E-state index in [-0.39, 0.29) is 6.10 Å². The van der Waals surface area contributed by atoms with Crippen molar-refractivity contribution in [2.45, 2.75) is 37.4 Å². The zero-order valence-electron chi connectivity index (χ0n) is 15.3. The number of aryl methyl sites for hydroxylation is 1. The molecule has 26 heavy (non-hydrogen) atoms. The van der Waals surface area contributed by atoms with E-state index >= 15 is 0 Å². The third-order valence-electron chi connectivity index (χ3n) is 5.06. The molecule has 138 valence electrons. The molecule has 2 aromatic carbocycles. The molecule has 1 fully saturated rings. The van der Waals surface area contributed by atoms with Crippen molar-refractivity contribution in [3.63, 3.8) is 0 Å². The van der Waals surface area contributed by atoms with E-state index in [1.54, 1.807) is 12.1 Å². The molecular formula is C22H27NO3. The van der Waals surface area contributed by atoms with Crippen LogP contribution in [0.1, 0.15) is 30.4 Å². The number of ether oxygens (including phenoxy) is 1. The molecule has 0 aliphatic carbocycles. The Labute approximate surface area is 155 Å². The van der Waals surface area contributed by atoms with Crippen LogP contribution in [0.5, 0.6) is 0 Å². The lowest BCUT2D eigenvalue weighted by molar-refractivity contribution is -0.175. The monoisotopic (exact) mass is 353 g/mol. The Bertz CT molecular complexity index is 704. The molecular weight excluding hydrogens is 326 g/mol. The van der Waals surface area contributed by atoms with Crippen molar-refractivity contribution in [2.75, 3.05) is 20.1 Å². The lowest BCUT2D eigenvalue weighted by atomic mass is 9.87. The summed E-state index contributed by atoms with van der Waals surface area (Å²) in [5.41, 5.74) is 0.0461. The average molecular weight is 353 g/mol. The van der Waals surface area contributed by atoms with E-state index in [2.05, 4.69) is 4.90 Å². The first-order valence-electron chi connectivity index (χ1n) is 9.29. The quantitative estimate of drug-likeness (QED) is 0.811. The fraction of sp³-hybridized carbons (Fsp3) is 0.409. The second-order valence-electron chi connectivity index (χ2n) is 7.14. The van der Waals surface area contributed by atoms with E-state index in [1.807, 2.05) is 55.6 Å². The highest BCUT2D eigenvalue weighted by atomic mass is 16.6. The predicted molar refractivity (Wildman–Crippen MR) is 102 cm³/mol. The lowest BCUT2D eigenvalue weighted by Gasteiger charge is -2.33. The summed E-state index contributed by atoms with van der Waals surface area (Å²) < 4.78 is 5.74. The highest BCUT2D eigenvalue weighted by Gasteiger charge is 2.40.